The van der Waals surface area contributed by atoms with Gasteiger partial charge in [-0.1, -0.05) is 90.4 Å². The van der Waals surface area contributed by atoms with E-state index in [-0.39, 0.29) is 47.0 Å². The maximum atomic E-state index is 10.6. The number of rotatable bonds is 15. The van der Waals surface area contributed by atoms with E-state index in [1.165, 1.54) is 70.6 Å². The van der Waals surface area contributed by atoms with Crippen molar-refractivity contribution in [2.24, 2.45) is 0 Å². The van der Waals surface area contributed by atoms with Gasteiger partial charge in [0.05, 0.1) is 0 Å². The van der Waals surface area contributed by atoms with Crippen LogP contribution in [0.1, 0.15) is 96.8 Å². The molecule has 0 aromatic carbocycles. The molecule has 0 amide bonds. The Morgan fingerprint density at radius 2 is 0.905 bits per heavy atom. The van der Waals surface area contributed by atoms with E-state index in [9.17, 15) is 4.57 Å². The van der Waals surface area contributed by atoms with Gasteiger partial charge < -0.3 is 9.79 Å². The average Bonchev–Trinajstić information content (AvgIpc) is 2.38. The molecule has 2 N–H and O–H groups in total. The first-order chi connectivity index (χ1) is 9.56. The molecule has 0 rings (SSSR count). The van der Waals surface area contributed by atoms with Crippen LogP contribution >= 0.6 is 7.60 Å². The maximum absolute atomic E-state index is 10.6. The Morgan fingerprint density at radius 1 is 0.619 bits per heavy atom. The molecule has 3 nitrogen and oxygen atoms in total. The molecule has 5 heteroatoms. The first-order valence-corrected chi connectivity index (χ1v) is 10.4. The second-order valence-corrected chi connectivity index (χ2v) is 7.76. The van der Waals surface area contributed by atoms with Gasteiger partial charge in [0.2, 0.25) is 0 Å². The van der Waals surface area contributed by atoms with Crippen LogP contribution in [0.3, 0.4) is 0 Å². The first-order valence-electron chi connectivity index (χ1n) is 8.61. The topological polar surface area (TPSA) is 57.5 Å². The van der Waals surface area contributed by atoms with Crippen molar-refractivity contribution in [2.75, 3.05) is 6.16 Å². The minimum atomic E-state index is -3.75. The van der Waals surface area contributed by atoms with Crippen molar-refractivity contribution < 1.29 is 55.2 Å². The molecule has 0 radical (unpaired) electrons. The molecular formula is C16H35NdO3P. The van der Waals surface area contributed by atoms with Gasteiger partial charge in [-0.25, -0.2) is 0 Å². The van der Waals surface area contributed by atoms with Gasteiger partial charge in [0, 0.05) is 47.0 Å². The van der Waals surface area contributed by atoms with Crippen molar-refractivity contribution in [2.45, 2.75) is 96.8 Å². The molecule has 21 heavy (non-hydrogen) atoms. The molecule has 0 fully saturated rings. The summed E-state index contributed by atoms with van der Waals surface area (Å²) in [6.07, 6.45) is 17.7. The third-order valence-electron chi connectivity index (χ3n) is 3.80. The van der Waals surface area contributed by atoms with E-state index in [0.29, 0.717) is 6.42 Å². The van der Waals surface area contributed by atoms with E-state index in [4.69, 9.17) is 9.79 Å². The van der Waals surface area contributed by atoms with Crippen LogP contribution in [0.2, 0.25) is 0 Å². The van der Waals surface area contributed by atoms with Gasteiger partial charge in [-0.05, 0) is 6.42 Å². The molecular weight excluding hydrogens is 415 g/mol. The van der Waals surface area contributed by atoms with Crippen molar-refractivity contribution >= 4 is 7.60 Å². The molecule has 0 bridgehead atoms. The van der Waals surface area contributed by atoms with Crippen molar-refractivity contribution in [3.8, 4) is 0 Å². The predicted octanol–water partition coefficient (Wildman–Crippen LogP) is 5.65. The number of hydrogen-bond acceptors (Lipinski definition) is 1. The zero-order chi connectivity index (χ0) is 15.1. The fourth-order valence-electron chi connectivity index (χ4n) is 2.51. The summed E-state index contributed by atoms with van der Waals surface area (Å²) >= 11 is 0. The van der Waals surface area contributed by atoms with Crippen LogP contribution in [0.15, 0.2) is 0 Å². The van der Waals surface area contributed by atoms with Crippen molar-refractivity contribution in [3.63, 3.8) is 0 Å². The van der Waals surface area contributed by atoms with Crippen LogP contribution in [0.5, 0.6) is 0 Å². The summed E-state index contributed by atoms with van der Waals surface area (Å²) < 4.78 is 10.6. The fraction of sp³-hybridized carbons (Fsp3) is 1.00. The summed E-state index contributed by atoms with van der Waals surface area (Å²) in [7, 11) is -3.75. The second-order valence-electron chi connectivity index (χ2n) is 5.98. The molecule has 0 aliphatic rings. The molecule has 0 aliphatic heterocycles. The van der Waals surface area contributed by atoms with E-state index in [1.807, 2.05) is 0 Å². The Balaban J connectivity index is 0. The summed E-state index contributed by atoms with van der Waals surface area (Å²) in [5, 5.41) is 0. The van der Waals surface area contributed by atoms with Gasteiger partial charge in [0.15, 0.2) is 0 Å². The molecule has 0 saturated heterocycles. The maximum Gasteiger partial charge on any atom is 0.325 e. The standard InChI is InChI=1S/C16H35O3P.Nd/c1-2-3-4-5-6-7-8-9-10-11-12-13-14-15-16-20(17,18)19;/h2-16H2,1H3,(H2,17,18,19);. The molecule has 0 unspecified atom stereocenters. The average molecular weight is 451 g/mol. The Hall–Kier alpha value is 1.50. The van der Waals surface area contributed by atoms with E-state index >= 15 is 0 Å². The summed E-state index contributed by atoms with van der Waals surface area (Å²) in [5.41, 5.74) is 0. The minimum Gasteiger partial charge on any atom is -0.324 e. The molecule has 0 heterocycles. The van der Waals surface area contributed by atoms with Gasteiger partial charge in [0.1, 0.15) is 0 Å². The van der Waals surface area contributed by atoms with Gasteiger partial charge in [0.25, 0.3) is 0 Å². The van der Waals surface area contributed by atoms with Gasteiger partial charge in [-0.15, -0.1) is 0 Å². The van der Waals surface area contributed by atoms with E-state index in [0.717, 1.165) is 12.8 Å². The minimum absolute atomic E-state index is 0. The molecule has 0 spiro atoms. The smallest absolute Gasteiger partial charge is 0.324 e. The van der Waals surface area contributed by atoms with E-state index < -0.39 is 7.60 Å². The van der Waals surface area contributed by atoms with Crippen LogP contribution in [-0.4, -0.2) is 15.9 Å². The zero-order valence-electron chi connectivity index (χ0n) is 13.9. The van der Waals surface area contributed by atoms with Crippen LogP contribution in [0.4, 0.5) is 0 Å². The fourth-order valence-corrected chi connectivity index (χ4v) is 3.15. The van der Waals surface area contributed by atoms with Crippen molar-refractivity contribution in [1.82, 2.24) is 0 Å². The third kappa shape index (κ3) is 23.9. The zero-order valence-corrected chi connectivity index (χ0v) is 18.0. The van der Waals surface area contributed by atoms with Crippen LogP contribution in [-0.2, 0) is 4.57 Å². The SMILES string of the molecule is CCCCCCCCCCCCCCCCP(=O)(O)O.[Nd]. The van der Waals surface area contributed by atoms with Crippen LogP contribution in [0, 0.1) is 40.8 Å². The summed E-state index contributed by atoms with van der Waals surface area (Å²) in [4.78, 5) is 17.4. The summed E-state index contributed by atoms with van der Waals surface area (Å²) in [5.74, 6) is 0. The Kier molecular flexibility index (Phi) is 21.0. The molecule has 0 aromatic heterocycles. The van der Waals surface area contributed by atoms with Crippen LogP contribution < -0.4 is 0 Å². The number of unbranched alkanes of at least 4 members (excludes halogenated alkanes) is 13. The predicted molar refractivity (Wildman–Crippen MR) is 87.2 cm³/mol. The quantitative estimate of drug-likeness (QED) is 0.251. The normalized spacial score (nSPS) is 11.4. The molecule has 0 saturated carbocycles. The van der Waals surface area contributed by atoms with Crippen molar-refractivity contribution in [3.05, 3.63) is 0 Å². The summed E-state index contributed by atoms with van der Waals surface area (Å²) in [6, 6.07) is 0. The Labute approximate surface area is 164 Å². The molecule has 0 aliphatic carbocycles. The van der Waals surface area contributed by atoms with Gasteiger partial charge in [-0.3, -0.25) is 4.57 Å². The van der Waals surface area contributed by atoms with Crippen molar-refractivity contribution in [1.29, 1.82) is 0 Å². The second kappa shape index (κ2) is 17.8. The van der Waals surface area contributed by atoms with Gasteiger partial charge >= 0.3 is 7.60 Å². The first kappa shape index (κ1) is 24.7. The molecule has 0 aromatic rings. The number of hydrogen-bond donors (Lipinski definition) is 2. The Bertz CT molecular complexity index is 244. The van der Waals surface area contributed by atoms with E-state index in [1.54, 1.807) is 0 Å². The van der Waals surface area contributed by atoms with E-state index in [2.05, 4.69) is 6.92 Å². The molecule has 126 valence electrons. The third-order valence-corrected chi connectivity index (χ3v) is 4.70. The monoisotopic (exact) mass is 448 g/mol. The largest absolute Gasteiger partial charge is 0.325 e. The molecule has 0 atom stereocenters. The summed E-state index contributed by atoms with van der Waals surface area (Å²) in [6.45, 7) is 2.26. The van der Waals surface area contributed by atoms with Crippen LogP contribution in [0.25, 0.3) is 0 Å². The van der Waals surface area contributed by atoms with Gasteiger partial charge in [-0.2, -0.15) is 0 Å². The Morgan fingerprint density at radius 3 is 1.19 bits per heavy atom.